The molecular formula is C11H8Cl2O4. The minimum absolute atomic E-state index is 0.240. The highest BCUT2D eigenvalue weighted by Gasteiger charge is 2.20. The van der Waals surface area contributed by atoms with E-state index in [-0.39, 0.29) is 5.56 Å². The van der Waals surface area contributed by atoms with Gasteiger partial charge in [-0.1, -0.05) is 0 Å². The first-order valence-electron chi connectivity index (χ1n) is 4.44. The highest BCUT2D eigenvalue weighted by atomic mass is 35.5. The van der Waals surface area contributed by atoms with E-state index in [1.165, 1.54) is 19.2 Å². The summed E-state index contributed by atoms with van der Waals surface area (Å²) < 4.78 is 4.92. The summed E-state index contributed by atoms with van der Waals surface area (Å²) in [5, 5.41) is 7.49. The first-order chi connectivity index (χ1) is 7.97. The summed E-state index contributed by atoms with van der Waals surface area (Å²) in [5.74, 6) is 0.00477. The van der Waals surface area contributed by atoms with Crippen LogP contribution in [0, 0.1) is 0 Å². The van der Waals surface area contributed by atoms with E-state index in [0.29, 0.717) is 5.75 Å². The van der Waals surface area contributed by atoms with Crippen LogP contribution in [0.5, 0.6) is 5.75 Å². The van der Waals surface area contributed by atoms with Gasteiger partial charge in [-0.05, 0) is 47.5 Å². The lowest BCUT2D eigenvalue weighted by Gasteiger charge is -2.05. The van der Waals surface area contributed by atoms with Crippen LogP contribution in [0.15, 0.2) is 29.8 Å². The van der Waals surface area contributed by atoms with Gasteiger partial charge in [-0.3, -0.25) is 9.59 Å². The third-order valence-electron chi connectivity index (χ3n) is 1.99. The monoisotopic (exact) mass is 274 g/mol. The molecule has 1 rings (SSSR count). The number of methoxy groups -OCH3 is 1. The van der Waals surface area contributed by atoms with Gasteiger partial charge < -0.3 is 9.84 Å². The Balaban J connectivity index is 3.24. The average Bonchev–Trinajstić information content (AvgIpc) is 2.28. The van der Waals surface area contributed by atoms with Gasteiger partial charge in [0.2, 0.25) is 0 Å². The molecule has 0 aliphatic carbocycles. The Bertz CT molecular complexity index is 461. The summed E-state index contributed by atoms with van der Waals surface area (Å²) in [4.78, 5) is 21.9. The van der Waals surface area contributed by atoms with Crippen LogP contribution in [0.1, 0.15) is 5.56 Å². The molecule has 0 spiro atoms. The topological polar surface area (TPSA) is 63.6 Å². The van der Waals surface area contributed by atoms with E-state index in [2.05, 4.69) is 0 Å². The van der Waals surface area contributed by atoms with Gasteiger partial charge >= 0.3 is 0 Å². The predicted octanol–water partition coefficient (Wildman–Crippen LogP) is 2.50. The number of halogens is 2. The number of aliphatic hydroxyl groups is 1. The molecule has 1 aromatic carbocycles. The zero-order chi connectivity index (χ0) is 13.0. The van der Waals surface area contributed by atoms with Gasteiger partial charge in [0.25, 0.3) is 10.5 Å². The zero-order valence-electron chi connectivity index (χ0n) is 8.74. The largest absolute Gasteiger partial charge is 0.506 e. The summed E-state index contributed by atoms with van der Waals surface area (Å²) in [6.07, 6.45) is 0. The van der Waals surface area contributed by atoms with Crippen LogP contribution in [0.2, 0.25) is 0 Å². The smallest absolute Gasteiger partial charge is 0.261 e. The quantitative estimate of drug-likeness (QED) is 0.301. The summed E-state index contributed by atoms with van der Waals surface area (Å²) in [7, 11) is 1.49. The van der Waals surface area contributed by atoms with Gasteiger partial charge in [0.05, 0.1) is 7.11 Å². The lowest BCUT2D eigenvalue weighted by Crippen LogP contribution is -2.06. The van der Waals surface area contributed by atoms with Gasteiger partial charge in [-0.25, -0.2) is 0 Å². The SMILES string of the molecule is COc1ccc(C(O)=C(C(=O)Cl)C(=O)Cl)cc1. The molecule has 0 heterocycles. The Morgan fingerprint density at radius 2 is 1.59 bits per heavy atom. The number of carbonyl (C=O) groups is 2. The fraction of sp³-hybridized carbons (Fsp3) is 0.0909. The van der Waals surface area contributed by atoms with E-state index in [1.54, 1.807) is 12.1 Å². The van der Waals surface area contributed by atoms with Gasteiger partial charge in [-0.15, -0.1) is 0 Å². The maximum atomic E-state index is 10.9. The minimum atomic E-state index is -1.11. The van der Waals surface area contributed by atoms with Crippen LogP contribution in [0.25, 0.3) is 5.76 Å². The van der Waals surface area contributed by atoms with Crippen molar-refractivity contribution in [3.63, 3.8) is 0 Å². The third-order valence-corrected chi connectivity index (χ3v) is 2.37. The fourth-order valence-corrected chi connectivity index (χ4v) is 1.56. The Morgan fingerprint density at radius 1 is 1.12 bits per heavy atom. The van der Waals surface area contributed by atoms with Crippen molar-refractivity contribution in [2.45, 2.75) is 0 Å². The zero-order valence-corrected chi connectivity index (χ0v) is 10.2. The molecule has 0 saturated heterocycles. The molecule has 90 valence electrons. The predicted molar refractivity (Wildman–Crippen MR) is 64.3 cm³/mol. The van der Waals surface area contributed by atoms with E-state index in [0.717, 1.165) is 0 Å². The number of rotatable bonds is 4. The maximum Gasteiger partial charge on any atom is 0.261 e. The number of carbonyl (C=O) groups excluding carboxylic acids is 2. The van der Waals surface area contributed by atoms with Gasteiger partial charge in [-0.2, -0.15) is 0 Å². The van der Waals surface area contributed by atoms with E-state index in [9.17, 15) is 14.7 Å². The van der Waals surface area contributed by atoms with Crippen LogP contribution < -0.4 is 4.74 Å². The maximum absolute atomic E-state index is 10.9. The normalized spacial score (nSPS) is 9.59. The molecule has 0 aliphatic heterocycles. The van der Waals surface area contributed by atoms with Crippen LogP contribution >= 0.6 is 23.2 Å². The molecule has 0 saturated carbocycles. The summed E-state index contributed by atoms with van der Waals surface area (Å²) >= 11 is 10.3. The number of benzene rings is 1. The second-order valence-electron chi connectivity index (χ2n) is 3.00. The number of aliphatic hydroxyl groups excluding tert-OH is 1. The molecule has 0 unspecified atom stereocenters. The fourth-order valence-electron chi connectivity index (χ4n) is 1.16. The second-order valence-corrected chi connectivity index (χ2v) is 3.69. The van der Waals surface area contributed by atoms with Gasteiger partial charge in [0.15, 0.2) is 0 Å². The summed E-state index contributed by atoms with van der Waals surface area (Å²) in [6.45, 7) is 0. The number of ether oxygens (including phenoxy) is 1. The molecule has 0 amide bonds. The number of hydrogen-bond acceptors (Lipinski definition) is 4. The van der Waals surface area contributed by atoms with E-state index in [1.807, 2.05) is 0 Å². The van der Waals surface area contributed by atoms with E-state index in [4.69, 9.17) is 27.9 Å². The molecule has 0 aromatic heterocycles. The van der Waals surface area contributed by atoms with Crippen molar-refractivity contribution in [1.29, 1.82) is 0 Å². The van der Waals surface area contributed by atoms with Crippen molar-refractivity contribution in [3.05, 3.63) is 35.4 Å². The van der Waals surface area contributed by atoms with Crippen molar-refractivity contribution < 1.29 is 19.4 Å². The third kappa shape index (κ3) is 3.22. The first-order valence-corrected chi connectivity index (χ1v) is 5.20. The van der Waals surface area contributed by atoms with Crippen LogP contribution in [0.3, 0.4) is 0 Å². The molecule has 4 nitrogen and oxygen atoms in total. The molecule has 0 aliphatic rings. The molecule has 0 fully saturated rings. The molecule has 1 aromatic rings. The van der Waals surface area contributed by atoms with Crippen molar-refractivity contribution in [2.24, 2.45) is 0 Å². The Kier molecular flexibility index (Phi) is 4.54. The first kappa shape index (κ1) is 13.5. The molecule has 0 bridgehead atoms. The Labute approximate surface area is 107 Å². The molecule has 1 N–H and O–H groups in total. The number of allylic oxidation sites excluding steroid dienone is 1. The lowest BCUT2D eigenvalue weighted by atomic mass is 10.1. The summed E-state index contributed by atoms with van der Waals surface area (Å²) in [5.41, 5.74) is -0.415. The highest BCUT2D eigenvalue weighted by Crippen LogP contribution is 2.22. The molecule has 17 heavy (non-hydrogen) atoms. The molecular weight excluding hydrogens is 267 g/mol. The van der Waals surface area contributed by atoms with Crippen LogP contribution in [-0.4, -0.2) is 22.7 Å². The van der Waals surface area contributed by atoms with E-state index < -0.39 is 21.8 Å². The van der Waals surface area contributed by atoms with Crippen LogP contribution in [0.4, 0.5) is 0 Å². The summed E-state index contributed by atoms with van der Waals surface area (Å²) in [6, 6.07) is 6.04. The molecule has 0 radical (unpaired) electrons. The van der Waals surface area contributed by atoms with Gasteiger partial charge in [0, 0.05) is 5.56 Å². The van der Waals surface area contributed by atoms with Gasteiger partial charge in [0.1, 0.15) is 17.1 Å². The minimum Gasteiger partial charge on any atom is -0.506 e. The van der Waals surface area contributed by atoms with Crippen LogP contribution in [-0.2, 0) is 9.59 Å². The highest BCUT2D eigenvalue weighted by molar-refractivity contribution is 6.80. The second kappa shape index (κ2) is 5.70. The van der Waals surface area contributed by atoms with Crippen molar-refractivity contribution >= 4 is 39.4 Å². The average molecular weight is 275 g/mol. The standard InChI is InChI=1S/C11H8Cl2O4/c1-17-7-4-2-6(3-5-7)9(14)8(10(12)15)11(13)16/h2-5,14H,1H3. The Morgan fingerprint density at radius 3 is 1.94 bits per heavy atom. The number of hydrogen-bond donors (Lipinski definition) is 1. The lowest BCUT2D eigenvalue weighted by molar-refractivity contribution is -0.113. The van der Waals surface area contributed by atoms with Crippen molar-refractivity contribution in [3.8, 4) is 5.75 Å². The van der Waals surface area contributed by atoms with Crippen molar-refractivity contribution in [2.75, 3.05) is 7.11 Å². The Hall–Kier alpha value is -1.52. The van der Waals surface area contributed by atoms with Crippen molar-refractivity contribution in [1.82, 2.24) is 0 Å². The molecule has 6 heteroatoms. The molecule has 0 atom stereocenters. The van der Waals surface area contributed by atoms with E-state index >= 15 is 0 Å².